The predicted octanol–water partition coefficient (Wildman–Crippen LogP) is -0.404. The summed E-state index contributed by atoms with van der Waals surface area (Å²) in [6.45, 7) is 0. The minimum atomic E-state index is -0.333. The molecule has 0 amide bonds. The first kappa shape index (κ1) is 7.47. The Morgan fingerprint density at radius 2 is 1.89 bits per heavy atom. The molecule has 0 atom stereocenters. The van der Waals surface area contributed by atoms with Crippen LogP contribution in [0.1, 0.15) is 0 Å². The van der Waals surface area contributed by atoms with E-state index in [-0.39, 0.29) is 11.1 Å². The molecule has 0 saturated carbocycles. The molecule has 0 bridgehead atoms. The Balaban J connectivity index is 4.11. The van der Waals surface area contributed by atoms with Crippen LogP contribution in [0.25, 0.3) is 0 Å². The molecular formula is C2H5N5O2. The van der Waals surface area contributed by atoms with Gasteiger partial charge in [0.2, 0.25) is 5.96 Å². The highest BCUT2D eigenvalue weighted by atomic mass is 16.4. The smallest absolute Gasteiger partial charge is 0.241 e. The molecule has 50 valence electrons. The van der Waals surface area contributed by atoms with Gasteiger partial charge in [0.05, 0.1) is 10.6 Å². The van der Waals surface area contributed by atoms with Crippen LogP contribution in [0.2, 0.25) is 0 Å². The molecule has 0 aromatic heterocycles. The SMILES string of the molecule is CN=C(N)N(N=O)N=O. The maximum absolute atomic E-state index is 9.56. The molecule has 0 aliphatic heterocycles. The second-order valence-electron chi connectivity index (χ2n) is 1.03. The summed E-state index contributed by atoms with van der Waals surface area (Å²) in [7, 11) is 1.30. The number of nitroso groups, excluding NO2 is 2. The fourth-order valence-corrected chi connectivity index (χ4v) is 0.188. The number of hydrogen-bond acceptors (Lipinski definition) is 5. The lowest BCUT2D eigenvalue weighted by Gasteiger charge is -1.98. The van der Waals surface area contributed by atoms with E-state index in [0.29, 0.717) is 0 Å². The van der Waals surface area contributed by atoms with Gasteiger partial charge >= 0.3 is 0 Å². The van der Waals surface area contributed by atoms with E-state index in [0.717, 1.165) is 0 Å². The molecule has 0 heterocycles. The highest BCUT2D eigenvalue weighted by Crippen LogP contribution is 1.86. The van der Waals surface area contributed by atoms with Crippen molar-refractivity contribution in [2.75, 3.05) is 7.05 Å². The third kappa shape index (κ3) is 1.80. The Kier molecular flexibility index (Phi) is 2.88. The summed E-state index contributed by atoms with van der Waals surface area (Å²) >= 11 is 0. The number of guanidine groups is 1. The van der Waals surface area contributed by atoms with Crippen LogP contribution in [0.3, 0.4) is 0 Å². The first-order chi connectivity index (χ1) is 4.26. The maximum atomic E-state index is 9.56. The second-order valence-corrected chi connectivity index (χ2v) is 1.03. The summed E-state index contributed by atoms with van der Waals surface area (Å²) in [5.41, 5.74) is 4.93. The van der Waals surface area contributed by atoms with Crippen LogP contribution in [0, 0.1) is 9.81 Å². The highest BCUT2D eigenvalue weighted by Gasteiger charge is 2.04. The Bertz CT molecular complexity index is 134. The molecule has 0 saturated heterocycles. The molecule has 9 heavy (non-hydrogen) atoms. The third-order valence-corrected chi connectivity index (χ3v) is 0.589. The lowest BCUT2D eigenvalue weighted by atomic mass is 11.0. The molecule has 2 N–H and O–H groups in total. The van der Waals surface area contributed by atoms with Crippen molar-refractivity contribution in [3.05, 3.63) is 9.81 Å². The second kappa shape index (κ2) is 3.47. The fraction of sp³-hybridized carbons (Fsp3) is 0.500. The van der Waals surface area contributed by atoms with E-state index >= 15 is 0 Å². The van der Waals surface area contributed by atoms with E-state index in [9.17, 15) is 9.81 Å². The summed E-state index contributed by atoms with van der Waals surface area (Å²) in [6, 6.07) is 0. The van der Waals surface area contributed by atoms with Gasteiger partial charge in [-0.1, -0.05) is 0 Å². The Hall–Kier alpha value is -1.53. The number of nitrogens with two attached hydrogens (primary N) is 1. The molecular weight excluding hydrogens is 126 g/mol. The average Bonchev–Trinajstić information content (AvgIpc) is 1.90. The Morgan fingerprint density at radius 1 is 1.44 bits per heavy atom. The van der Waals surface area contributed by atoms with Gasteiger partial charge in [-0.25, -0.2) is 0 Å². The van der Waals surface area contributed by atoms with E-state index in [1.54, 1.807) is 0 Å². The predicted molar refractivity (Wildman–Crippen MR) is 31.0 cm³/mol. The zero-order valence-corrected chi connectivity index (χ0v) is 4.68. The molecule has 0 radical (unpaired) electrons. The van der Waals surface area contributed by atoms with E-state index in [1.807, 2.05) is 0 Å². The highest BCUT2D eigenvalue weighted by molar-refractivity contribution is 5.76. The maximum Gasteiger partial charge on any atom is 0.241 e. The lowest BCUT2D eigenvalue weighted by molar-refractivity contribution is 0.457. The lowest BCUT2D eigenvalue weighted by Crippen LogP contribution is -2.27. The summed E-state index contributed by atoms with van der Waals surface area (Å²) < 4.78 is 0. The van der Waals surface area contributed by atoms with Gasteiger partial charge in [0.15, 0.2) is 0 Å². The van der Waals surface area contributed by atoms with E-state index in [2.05, 4.69) is 15.6 Å². The number of aliphatic imine (C=N–C) groups is 1. The molecule has 0 aromatic carbocycles. The van der Waals surface area contributed by atoms with Crippen LogP contribution in [-0.2, 0) is 0 Å². The fourth-order valence-electron chi connectivity index (χ4n) is 0.188. The van der Waals surface area contributed by atoms with Crippen LogP contribution < -0.4 is 5.73 Å². The van der Waals surface area contributed by atoms with Gasteiger partial charge in [-0.15, -0.1) is 9.81 Å². The molecule has 0 aliphatic carbocycles. The number of rotatable bonds is 2. The van der Waals surface area contributed by atoms with Crippen molar-refractivity contribution in [2.45, 2.75) is 0 Å². The summed E-state index contributed by atoms with van der Waals surface area (Å²) in [5.74, 6) is -0.333. The van der Waals surface area contributed by atoms with Crippen LogP contribution >= 0.6 is 0 Å². The first-order valence-electron chi connectivity index (χ1n) is 1.95. The van der Waals surface area contributed by atoms with E-state index in [1.165, 1.54) is 7.05 Å². The van der Waals surface area contributed by atoms with Crippen LogP contribution in [0.5, 0.6) is 0 Å². The zero-order chi connectivity index (χ0) is 7.28. The minimum Gasteiger partial charge on any atom is -0.367 e. The molecule has 7 heteroatoms. The monoisotopic (exact) mass is 131 g/mol. The van der Waals surface area contributed by atoms with E-state index in [4.69, 9.17) is 5.73 Å². The van der Waals surface area contributed by atoms with Crippen molar-refractivity contribution >= 4 is 5.96 Å². The molecule has 7 nitrogen and oxygen atoms in total. The van der Waals surface area contributed by atoms with Crippen molar-refractivity contribution in [1.82, 2.24) is 5.12 Å². The third-order valence-electron chi connectivity index (χ3n) is 0.589. The van der Waals surface area contributed by atoms with Gasteiger partial charge in [0.25, 0.3) is 0 Å². The van der Waals surface area contributed by atoms with Gasteiger partial charge in [0, 0.05) is 7.05 Å². The quantitative estimate of drug-likeness (QED) is 0.238. The molecule has 0 aliphatic rings. The first-order valence-corrected chi connectivity index (χ1v) is 1.95. The largest absolute Gasteiger partial charge is 0.367 e. The summed E-state index contributed by atoms with van der Waals surface area (Å²) in [6.07, 6.45) is 0. The Labute approximate surface area is 50.4 Å². The van der Waals surface area contributed by atoms with E-state index < -0.39 is 0 Å². The van der Waals surface area contributed by atoms with Gasteiger partial charge < -0.3 is 5.73 Å². The average molecular weight is 131 g/mol. The standard InChI is InChI=1S/C2H5N5O2/c1-4-2(3)7(5-8)6-9/h1H3,(H2,3,4). The van der Waals surface area contributed by atoms with Gasteiger partial charge in [-0.05, 0) is 5.12 Å². The topological polar surface area (TPSA) is 100 Å². The van der Waals surface area contributed by atoms with Crippen molar-refractivity contribution in [3.8, 4) is 0 Å². The van der Waals surface area contributed by atoms with Crippen molar-refractivity contribution < 1.29 is 0 Å². The molecule has 0 fully saturated rings. The molecule has 0 unspecified atom stereocenters. The van der Waals surface area contributed by atoms with Crippen molar-refractivity contribution in [1.29, 1.82) is 0 Å². The number of nitrogens with zero attached hydrogens (tertiary/aromatic N) is 4. The van der Waals surface area contributed by atoms with Crippen LogP contribution in [0.15, 0.2) is 15.6 Å². The van der Waals surface area contributed by atoms with Gasteiger partial charge in [-0.2, -0.15) is 0 Å². The van der Waals surface area contributed by atoms with Crippen molar-refractivity contribution in [2.24, 2.45) is 21.3 Å². The Morgan fingerprint density at radius 3 is 2.00 bits per heavy atom. The molecule has 0 aromatic rings. The molecule has 0 rings (SSSR count). The normalized spacial score (nSPS) is 10.6. The summed E-state index contributed by atoms with van der Waals surface area (Å²) in [5, 5.41) is 4.39. The van der Waals surface area contributed by atoms with Gasteiger partial charge in [0.1, 0.15) is 0 Å². The zero-order valence-electron chi connectivity index (χ0n) is 4.68. The van der Waals surface area contributed by atoms with Crippen LogP contribution in [0.4, 0.5) is 0 Å². The van der Waals surface area contributed by atoms with Gasteiger partial charge in [-0.3, -0.25) is 4.99 Å². The number of hydrogen-bond donors (Lipinski definition) is 1. The van der Waals surface area contributed by atoms with Crippen molar-refractivity contribution in [3.63, 3.8) is 0 Å². The van der Waals surface area contributed by atoms with Crippen LogP contribution in [-0.4, -0.2) is 18.1 Å². The summed E-state index contributed by atoms with van der Waals surface area (Å²) in [4.78, 5) is 22.4. The minimum absolute atomic E-state index is 0.139. The molecule has 0 spiro atoms.